The van der Waals surface area contributed by atoms with Crippen molar-refractivity contribution < 1.29 is 22.7 Å². The monoisotopic (exact) mass is 487 g/mol. The van der Waals surface area contributed by atoms with Crippen LogP contribution in [0.25, 0.3) is 0 Å². The second-order valence-corrected chi connectivity index (χ2v) is 8.34. The lowest BCUT2D eigenvalue weighted by atomic mass is 9.75. The second-order valence-electron chi connectivity index (χ2n) is 7.90. The summed E-state index contributed by atoms with van der Waals surface area (Å²) in [6, 6.07) is 20.4. The molecule has 0 saturated heterocycles. The van der Waals surface area contributed by atoms with Crippen molar-refractivity contribution in [1.29, 1.82) is 0 Å². The quantitative estimate of drug-likeness (QED) is 0.466. The average Bonchev–Trinajstić information content (AvgIpc) is 3.21. The van der Waals surface area contributed by atoms with Crippen LogP contribution in [0.2, 0.25) is 5.02 Å². The zero-order valence-electron chi connectivity index (χ0n) is 18.1. The summed E-state index contributed by atoms with van der Waals surface area (Å²) >= 11 is 6.07. The van der Waals surface area contributed by atoms with E-state index in [1.165, 1.54) is 17.1 Å². The van der Waals surface area contributed by atoms with E-state index in [2.05, 4.69) is 10.4 Å². The Morgan fingerprint density at radius 1 is 1.06 bits per heavy atom. The predicted molar refractivity (Wildman–Crippen MR) is 125 cm³/mol. The van der Waals surface area contributed by atoms with E-state index in [0.717, 1.165) is 23.3 Å². The Kier molecular flexibility index (Phi) is 6.63. The molecule has 0 saturated carbocycles. The summed E-state index contributed by atoms with van der Waals surface area (Å²) in [6.07, 6.45) is -4.45. The highest BCUT2D eigenvalue weighted by Crippen LogP contribution is 2.36. The maximum Gasteiger partial charge on any atom is 0.416 e. The van der Waals surface area contributed by atoms with E-state index in [-0.39, 0.29) is 18.8 Å². The molecule has 0 fully saturated rings. The van der Waals surface area contributed by atoms with Gasteiger partial charge in [0.05, 0.1) is 29.8 Å². The van der Waals surface area contributed by atoms with Crippen molar-refractivity contribution in [3.05, 3.63) is 101 Å². The van der Waals surface area contributed by atoms with Crippen molar-refractivity contribution >= 4 is 29.0 Å². The minimum atomic E-state index is -4.45. The van der Waals surface area contributed by atoms with Crippen LogP contribution in [0.1, 0.15) is 16.7 Å². The maximum absolute atomic E-state index is 13.1. The number of nitrogens with one attached hydrogen (secondary N) is 1. The van der Waals surface area contributed by atoms with Gasteiger partial charge in [0, 0.05) is 17.8 Å². The number of rotatable bonds is 5. The second kappa shape index (κ2) is 9.48. The number of amides is 2. The molecule has 1 aliphatic heterocycles. The lowest BCUT2D eigenvalue weighted by molar-refractivity contribution is -0.137. The predicted octanol–water partition coefficient (Wildman–Crippen LogP) is 6.20. The van der Waals surface area contributed by atoms with E-state index < -0.39 is 23.2 Å². The number of hydrogen-bond acceptors (Lipinski definition) is 3. The van der Waals surface area contributed by atoms with Gasteiger partial charge in [0.15, 0.2) is 0 Å². The van der Waals surface area contributed by atoms with Gasteiger partial charge in [0.2, 0.25) is 0 Å². The molecule has 2 amide bonds. The molecule has 4 rings (SSSR count). The Balaban J connectivity index is 1.68. The minimum absolute atomic E-state index is 0.176. The summed E-state index contributed by atoms with van der Waals surface area (Å²) in [5, 5.41) is 9.09. The Hall–Kier alpha value is -3.36. The number of alkyl halides is 3. The molecule has 34 heavy (non-hydrogen) atoms. The molecule has 1 aliphatic rings. The molecule has 0 bridgehead atoms. The lowest BCUT2D eigenvalue weighted by Gasteiger charge is -2.30. The molecule has 3 aromatic rings. The van der Waals surface area contributed by atoms with Gasteiger partial charge in [-0.1, -0.05) is 54.1 Å². The molecule has 1 heterocycles. The van der Waals surface area contributed by atoms with E-state index >= 15 is 0 Å². The van der Waals surface area contributed by atoms with Gasteiger partial charge in [-0.3, -0.25) is 0 Å². The summed E-state index contributed by atoms with van der Waals surface area (Å²) in [5.41, 5.74) is 0.981. The van der Waals surface area contributed by atoms with E-state index in [9.17, 15) is 18.0 Å². The highest BCUT2D eigenvalue weighted by molar-refractivity contribution is 6.30. The zero-order chi connectivity index (χ0) is 24.3. The molecule has 0 aromatic heterocycles. The highest BCUT2D eigenvalue weighted by atomic mass is 35.5. The number of carbonyl (C=O) groups excluding carboxylic acids is 1. The van der Waals surface area contributed by atoms with Gasteiger partial charge in [-0.25, -0.2) is 9.80 Å². The van der Waals surface area contributed by atoms with Crippen molar-refractivity contribution in [2.24, 2.45) is 5.10 Å². The van der Waals surface area contributed by atoms with Crippen molar-refractivity contribution in [1.82, 2.24) is 5.01 Å². The molecular formula is C25H21ClF3N3O2. The summed E-state index contributed by atoms with van der Waals surface area (Å²) in [6.45, 7) is 0.428. The number of nitrogens with zero attached hydrogens (tertiary/aromatic N) is 2. The normalized spacial score (nSPS) is 18.0. The minimum Gasteiger partial charge on any atom is -0.383 e. The van der Waals surface area contributed by atoms with Gasteiger partial charge >= 0.3 is 12.2 Å². The van der Waals surface area contributed by atoms with E-state index in [4.69, 9.17) is 16.3 Å². The fraction of sp³-hybridized carbons (Fsp3) is 0.200. The summed E-state index contributed by atoms with van der Waals surface area (Å²) in [4.78, 5) is 13.1. The van der Waals surface area contributed by atoms with Crippen LogP contribution >= 0.6 is 11.6 Å². The van der Waals surface area contributed by atoms with Crippen molar-refractivity contribution in [2.45, 2.75) is 11.6 Å². The van der Waals surface area contributed by atoms with Crippen LogP contribution < -0.4 is 5.32 Å². The number of halogens is 4. The largest absolute Gasteiger partial charge is 0.416 e. The van der Waals surface area contributed by atoms with Crippen LogP contribution in [-0.4, -0.2) is 37.0 Å². The SMILES string of the molecule is COCC1(c2ccccc2)CN(C(=O)Nc2ccc(C(F)(F)F)cc2)N=C1c1ccc(Cl)cc1. The smallest absolute Gasteiger partial charge is 0.383 e. The first-order valence-corrected chi connectivity index (χ1v) is 10.8. The fourth-order valence-corrected chi connectivity index (χ4v) is 4.13. The number of hydrazone groups is 1. The molecule has 0 aliphatic carbocycles. The number of ether oxygens (including phenoxy) is 1. The first-order valence-electron chi connectivity index (χ1n) is 10.4. The first-order chi connectivity index (χ1) is 16.2. The van der Waals surface area contributed by atoms with E-state index in [1.807, 2.05) is 42.5 Å². The topological polar surface area (TPSA) is 53.9 Å². The fourth-order valence-electron chi connectivity index (χ4n) is 4.00. The molecule has 0 spiro atoms. The third-order valence-corrected chi connectivity index (χ3v) is 5.88. The first kappa shape index (κ1) is 23.8. The van der Waals surface area contributed by atoms with Crippen molar-refractivity contribution in [2.75, 3.05) is 25.6 Å². The third kappa shape index (κ3) is 4.78. The van der Waals surface area contributed by atoms with Crippen LogP contribution in [0.5, 0.6) is 0 Å². The molecule has 1 atom stereocenters. The Morgan fingerprint density at radius 2 is 1.71 bits per heavy atom. The van der Waals surface area contributed by atoms with Gasteiger partial charge in [-0.05, 0) is 47.5 Å². The Bertz CT molecular complexity index is 1180. The highest BCUT2D eigenvalue weighted by Gasteiger charge is 2.46. The molecule has 176 valence electrons. The summed E-state index contributed by atoms with van der Waals surface area (Å²) in [5.74, 6) is 0. The molecule has 9 heteroatoms. The van der Waals surface area contributed by atoms with E-state index in [1.54, 1.807) is 19.2 Å². The number of urea groups is 1. The third-order valence-electron chi connectivity index (χ3n) is 5.63. The standard InChI is InChI=1S/C25H21ClF3N3O2/c1-34-16-24(18-5-3-2-4-6-18)15-32(31-22(24)17-7-11-20(26)12-8-17)23(33)30-21-13-9-19(10-14-21)25(27,28)29/h2-14H,15-16H2,1H3,(H,30,33). The van der Waals surface area contributed by atoms with Crippen LogP contribution in [0.4, 0.5) is 23.7 Å². The van der Waals surface area contributed by atoms with Crippen molar-refractivity contribution in [3.8, 4) is 0 Å². The number of benzene rings is 3. The summed E-state index contributed by atoms with van der Waals surface area (Å²) in [7, 11) is 1.58. The number of carbonyl (C=O) groups is 1. The lowest BCUT2D eigenvalue weighted by Crippen LogP contribution is -2.44. The van der Waals surface area contributed by atoms with Crippen molar-refractivity contribution in [3.63, 3.8) is 0 Å². The number of hydrogen-bond donors (Lipinski definition) is 1. The molecular weight excluding hydrogens is 467 g/mol. The molecule has 1 unspecified atom stereocenters. The van der Waals surface area contributed by atoms with Crippen LogP contribution in [0.15, 0.2) is 84.0 Å². The maximum atomic E-state index is 13.1. The molecule has 3 aromatic carbocycles. The summed E-state index contributed by atoms with van der Waals surface area (Å²) < 4.78 is 44.1. The van der Waals surface area contributed by atoms with Crippen LogP contribution in [0.3, 0.4) is 0 Å². The van der Waals surface area contributed by atoms with Gasteiger partial charge in [-0.2, -0.15) is 18.3 Å². The Morgan fingerprint density at radius 3 is 2.29 bits per heavy atom. The van der Waals surface area contributed by atoms with Crippen LogP contribution in [0, 0.1) is 0 Å². The van der Waals surface area contributed by atoms with Gasteiger partial charge in [-0.15, -0.1) is 0 Å². The average molecular weight is 488 g/mol. The van der Waals surface area contributed by atoms with Gasteiger partial charge < -0.3 is 10.1 Å². The molecule has 1 N–H and O–H groups in total. The molecule has 5 nitrogen and oxygen atoms in total. The number of methoxy groups -OCH3 is 1. The van der Waals surface area contributed by atoms with E-state index in [0.29, 0.717) is 10.7 Å². The van der Waals surface area contributed by atoms with Crippen LogP contribution in [-0.2, 0) is 16.3 Å². The zero-order valence-corrected chi connectivity index (χ0v) is 18.9. The van der Waals surface area contributed by atoms with Gasteiger partial charge in [0.1, 0.15) is 0 Å². The Labute approximate surface area is 199 Å². The molecule has 0 radical (unpaired) electrons. The number of anilines is 1. The van der Waals surface area contributed by atoms with Gasteiger partial charge in [0.25, 0.3) is 0 Å².